The zero-order valence-corrected chi connectivity index (χ0v) is 32.2. The minimum Gasteiger partial charge on any atom is -0.494 e. The summed E-state index contributed by atoms with van der Waals surface area (Å²) < 4.78 is 25.3. The van der Waals surface area contributed by atoms with E-state index in [1.54, 1.807) is 46.1 Å². The third kappa shape index (κ3) is 8.23. The lowest BCUT2D eigenvalue weighted by Gasteiger charge is -2.43. The summed E-state index contributed by atoms with van der Waals surface area (Å²) in [5, 5.41) is 7.46. The van der Waals surface area contributed by atoms with Crippen LogP contribution in [-0.2, 0) is 11.0 Å². The first-order chi connectivity index (χ1) is 24.1. The molecule has 0 spiro atoms. The number of likely N-dealkylation sites (N-methyl/N-ethyl adjacent to an activating group) is 1. The van der Waals surface area contributed by atoms with E-state index < -0.39 is 7.14 Å². The molecule has 2 N–H and O–H groups in total. The number of rotatable bonds is 11. The summed E-state index contributed by atoms with van der Waals surface area (Å²) in [4.78, 5) is 25.7. The lowest BCUT2D eigenvalue weighted by atomic mass is 9.99. The van der Waals surface area contributed by atoms with E-state index in [9.17, 15) is 4.57 Å². The Bertz CT molecular complexity index is 1860. The molecule has 4 heterocycles. The van der Waals surface area contributed by atoms with Gasteiger partial charge in [0.1, 0.15) is 18.7 Å². The van der Waals surface area contributed by atoms with Crippen LogP contribution in [0.5, 0.6) is 11.6 Å². The number of nitrogens with one attached hydrogen (secondary N) is 2. The highest BCUT2D eigenvalue weighted by Crippen LogP contribution is 2.41. The molecule has 0 radical (unpaired) electrons. The van der Waals surface area contributed by atoms with Crippen molar-refractivity contribution in [3.05, 3.63) is 59.0 Å². The summed E-state index contributed by atoms with van der Waals surface area (Å²) in [5.74, 6) is 2.07. The van der Waals surface area contributed by atoms with Gasteiger partial charge in [0.2, 0.25) is 11.8 Å². The third-order valence-corrected chi connectivity index (χ3v) is 11.7. The highest BCUT2D eigenvalue weighted by Gasteiger charge is 2.28. The maximum Gasteiger partial charge on any atom is 0.232 e. The Morgan fingerprint density at radius 3 is 2.36 bits per heavy atom. The predicted octanol–water partition coefficient (Wildman–Crippen LogP) is 6.23. The summed E-state index contributed by atoms with van der Waals surface area (Å²) in [6.45, 7) is 12.4. The van der Waals surface area contributed by atoms with Gasteiger partial charge in [0, 0.05) is 74.1 Å². The fraction of sp³-hybridized carbons (Fsp3) is 0.444. The molecule has 2 saturated heterocycles. The molecular weight excluding hydrogens is 717 g/mol. The maximum absolute atomic E-state index is 13.5. The molecule has 0 atom stereocenters. The molecule has 2 aliphatic rings. The number of nitrogens with zero attached hydrogens (tertiary/aromatic N) is 7. The minimum absolute atomic E-state index is 0.401. The fourth-order valence-electron chi connectivity index (χ4n) is 6.71. The molecular formula is C36H47BrN9O3P. The summed E-state index contributed by atoms with van der Waals surface area (Å²) in [6, 6.07) is 10.6. The second kappa shape index (κ2) is 15.6. The van der Waals surface area contributed by atoms with Gasteiger partial charge in [0.15, 0.2) is 0 Å². The van der Waals surface area contributed by atoms with Crippen molar-refractivity contribution in [1.29, 1.82) is 0 Å². The van der Waals surface area contributed by atoms with Gasteiger partial charge < -0.3 is 34.5 Å². The number of anilines is 5. The molecule has 2 aliphatic heterocycles. The van der Waals surface area contributed by atoms with Crippen LogP contribution in [0.25, 0.3) is 11.3 Å². The van der Waals surface area contributed by atoms with Crippen LogP contribution in [0.2, 0.25) is 0 Å². The van der Waals surface area contributed by atoms with E-state index in [0.29, 0.717) is 44.8 Å². The van der Waals surface area contributed by atoms with Crippen molar-refractivity contribution in [3.63, 3.8) is 0 Å². The number of ether oxygens (including phenoxy) is 2. The molecule has 2 fully saturated rings. The number of halogens is 1. The largest absolute Gasteiger partial charge is 0.494 e. The first-order valence-corrected chi connectivity index (χ1v) is 20.5. The molecule has 4 aromatic rings. The number of piperidine rings is 1. The van der Waals surface area contributed by atoms with Crippen LogP contribution in [0.1, 0.15) is 25.3 Å². The van der Waals surface area contributed by atoms with Gasteiger partial charge in [-0.2, -0.15) is 4.98 Å². The highest BCUT2D eigenvalue weighted by atomic mass is 79.9. The average Bonchev–Trinajstić information content (AvgIpc) is 3.13. The molecule has 0 aliphatic carbocycles. The predicted molar refractivity (Wildman–Crippen MR) is 206 cm³/mol. The van der Waals surface area contributed by atoms with Crippen molar-refractivity contribution in [2.24, 2.45) is 0 Å². The Kier molecular flexibility index (Phi) is 11.3. The molecule has 2 aromatic heterocycles. The number of benzene rings is 2. The average molecular weight is 765 g/mol. The van der Waals surface area contributed by atoms with Crippen molar-refractivity contribution in [1.82, 2.24) is 29.7 Å². The van der Waals surface area contributed by atoms with Crippen LogP contribution in [0, 0.1) is 0 Å². The van der Waals surface area contributed by atoms with Gasteiger partial charge in [-0.3, -0.25) is 9.88 Å². The molecule has 2 aromatic carbocycles. The van der Waals surface area contributed by atoms with E-state index in [4.69, 9.17) is 14.5 Å². The van der Waals surface area contributed by atoms with E-state index in [2.05, 4.69) is 82.3 Å². The molecule has 0 unspecified atom stereocenters. The van der Waals surface area contributed by atoms with Crippen LogP contribution in [0.3, 0.4) is 0 Å². The minimum atomic E-state index is -2.73. The van der Waals surface area contributed by atoms with Crippen LogP contribution in [-0.4, -0.2) is 110 Å². The third-order valence-electron chi connectivity index (χ3n) is 9.58. The summed E-state index contributed by atoms with van der Waals surface area (Å²) in [5.41, 5.74) is 5.35. The Hall–Kier alpha value is -3.77. The van der Waals surface area contributed by atoms with Gasteiger partial charge >= 0.3 is 0 Å². The zero-order valence-electron chi connectivity index (χ0n) is 29.7. The normalized spacial score (nSPS) is 16.3. The van der Waals surface area contributed by atoms with Gasteiger partial charge in [-0.05, 0) is 79.3 Å². The van der Waals surface area contributed by atoms with Gasteiger partial charge in [-0.25, -0.2) is 9.97 Å². The van der Waals surface area contributed by atoms with Crippen molar-refractivity contribution >= 4 is 57.2 Å². The lowest BCUT2D eigenvalue weighted by Crippen LogP contribution is -2.52. The SMILES string of the molecule is CCc1cc(Nc2ncc(Br)c(Nc3ccc(-c4cncc(OC)n4)cc3P(C)(C)=O)n2)c(OC)cc1N1CCC(N2CCN(C)CC2)CC1. The number of aromatic nitrogens is 4. The number of hydrogen-bond acceptors (Lipinski definition) is 12. The van der Waals surface area contributed by atoms with E-state index in [1.165, 1.54) is 24.1 Å². The summed E-state index contributed by atoms with van der Waals surface area (Å²) in [6.07, 6.45) is 8.13. The standard InChI is InChI=1S/C36H47BrN9O3P/c1-7-24-18-29(32(48-3)20-31(24)46-12-10-26(11-13-46)45-16-14-44(2)15-17-45)42-36-39-21-27(37)35(43-36)41-28-9-8-25(19-33(28)50(5,6)47)30-22-38-23-34(40-30)49-4/h8-9,18-23,26H,7,10-17H2,1-6H3,(H2,39,41,42,43). The van der Waals surface area contributed by atoms with Crippen molar-refractivity contribution in [3.8, 4) is 22.9 Å². The van der Waals surface area contributed by atoms with E-state index in [1.807, 2.05) is 18.2 Å². The highest BCUT2D eigenvalue weighted by molar-refractivity contribution is 9.10. The Labute approximate surface area is 303 Å². The van der Waals surface area contributed by atoms with Crippen LogP contribution < -0.4 is 30.3 Å². The smallest absolute Gasteiger partial charge is 0.232 e. The van der Waals surface area contributed by atoms with Gasteiger partial charge in [-0.15, -0.1) is 0 Å². The van der Waals surface area contributed by atoms with E-state index in [-0.39, 0.29) is 0 Å². The molecule has 14 heteroatoms. The number of hydrogen-bond donors (Lipinski definition) is 2. The van der Waals surface area contributed by atoms with Gasteiger partial charge in [-0.1, -0.05) is 13.0 Å². The Morgan fingerprint density at radius 1 is 0.920 bits per heavy atom. The lowest BCUT2D eigenvalue weighted by molar-refractivity contribution is 0.0982. The van der Waals surface area contributed by atoms with Crippen molar-refractivity contribution in [2.75, 3.05) is 89.4 Å². The fourth-order valence-corrected chi connectivity index (χ4v) is 8.16. The van der Waals surface area contributed by atoms with Crippen molar-refractivity contribution in [2.45, 2.75) is 32.2 Å². The first-order valence-electron chi connectivity index (χ1n) is 17.1. The summed E-state index contributed by atoms with van der Waals surface area (Å²) >= 11 is 3.60. The monoisotopic (exact) mass is 763 g/mol. The van der Waals surface area contributed by atoms with Gasteiger partial charge in [0.25, 0.3) is 0 Å². The zero-order chi connectivity index (χ0) is 35.4. The molecule has 12 nitrogen and oxygen atoms in total. The Morgan fingerprint density at radius 2 is 1.68 bits per heavy atom. The number of aryl methyl sites for hydroxylation is 1. The molecule has 50 heavy (non-hydrogen) atoms. The molecule has 0 bridgehead atoms. The summed E-state index contributed by atoms with van der Waals surface area (Å²) in [7, 11) is 2.73. The molecule has 6 rings (SSSR count). The van der Waals surface area contributed by atoms with Crippen LogP contribution in [0.4, 0.5) is 28.8 Å². The first kappa shape index (κ1) is 36.0. The molecule has 0 amide bonds. The second-order valence-corrected chi connectivity index (χ2v) is 17.3. The Balaban J connectivity index is 1.21. The van der Waals surface area contributed by atoms with Gasteiger partial charge in [0.05, 0.1) is 48.2 Å². The van der Waals surface area contributed by atoms with E-state index >= 15 is 0 Å². The van der Waals surface area contributed by atoms with Crippen LogP contribution >= 0.6 is 23.1 Å². The van der Waals surface area contributed by atoms with Crippen molar-refractivity contribution < 1.29 is 14.0 Å². The van der Waals surface area contributed by atoms with Crippen LogP contribution in [0.15, 0.2) is 53.4 Å². The molecule has 266 valence electrons. The topological polar surface area (TPSA) is 121 Å². The second-order valence-electron chi connectivity index (χ2n) is 13.3. The number of methoxy groups -OCH3 is 2. The van der Waals surface area contributed by atoms with E-state index in [0.717, 1.165) is 62.7 Å². The molecule has 0 saturated carbocycles. The quantitative estimate of drug-likeness (QED) is 0.169. The maximum atomic E-state index is 13.5. The number of piperazine rings is 1.